The molecule has 9 nitrogen and oxygen atoms in total. The van der Waals surface area contributed by atoms with Crippen LogP contribution in [0.5, 0.6) is 0 Å². The number of aromatic nitrogens is 4. The van der Waals surface area contributed by atoms with E-state index in [0.717, 1.165) is 41.4 Å². The number of carbonyl (C=O) groups is 1. The van der Waals surface area contributed by atoms with Crippen LogP contribution in [0.4, 0.5) is 4.39 Å². The molecular weight excluding hydrogens is 642 g/mol. The molecule has 0 aliphatic carbocycles. The summed E-state index contributed by atoms with van der Waals surface area (Å²) in [5.41, 5.74) is 2.40. The van der Waals surface area contributed by atoms with Crippen molar-refractivity contribution in [1.29, 1.82) is 0 Å². The van der Waals surface area contributed by atoms with E-state index in [-0.39, 0.29) is 49.2 Å². The average Bonchev–Trinajstić information content (AvgIpc) is 3.68. The van der Waals surface area contributed by atoms with Gasteiger partial charge in [0.1, 0.15) is 12.4 Å². The molecule has 5 aromatic rings. The molecule has 11 heteroatoms. The van der Waals surface area contributed by atoms with Gasteiger partial charge in [-0.3, -0.25) is 10.1 Å². The fourth-order valence-electron chi connectivity index (χ4n) is 6.65. The lowest BCUT2D eigenvalue weighted by molar-refractivity contribution is -0.122. The van der Waals surface area contributed by atoms with Crippen molar-refractivity contribution in [1.82, 2.24) is 30.8 Å². The summed E-state index contributed by atoms with van der Waals surface area (Å²) in [6.45, 7) is 8.45. The van der Waals surface area contributed by atoms with Crippen LogP contribution in [0, 0.1) is 5.82 Å². The Hall–Kier alpha value is -4.71. The van der Waals surface area contributed by atoms with Gasteiger partial charge in [0, 0.05) is 6.54 Å². The van der Waals surface area contributed by atoms with Crippen molar-refractivity contribution in [3.8, 4) is 0 Å². The second-order valence-corrected chi connectivity index (χ2v) is 14.1. The lowest BCUT2D eigenvalue weighted by Crippen LogP contribution is -2.47. The minimum Gasteiger partial charge on any atom is -0.403 e. The molecule has 2 heterocycles. The van der Waals surface area contributed by atoms with Crippen molar-refractivity contribution >= 4 is 13.0 Å². The Bertz CT molecular complexity index is 1740. The highest BCUT2D eigenvalue weighted by Gasteiger charge is 2.50. The first-order chi connectivity index (χ1) is 24.6. The molecular formula is C40H46BFN6O3. The Labute approximate surface area is 300 Å². The predicted molar refractivity (Wildman–Crippen MR) is 196 cm³/mol. The molecule has 51 heavy (non-hydrogen) atoms. The number of amides is 1. The standard InChI is InChI=1S/C40H46BFN6O3/c1-38(2)39(3,4)51-41(50-38)27-15-14-22-35(37-45-46-47-48(37)29-36(49)43-28-30-23-25-34(42)26-24-30)44-40(31-16-8-5-9-17-31,32-18-10-6-11-19-32)33-20-12-7-13-21-33/h5-13,16-21,23-26,35,44H,14-15,22,27-29H2,1-4H3,(H,43,49). The third-order valence-electron chi connectivity index (χ3n) is 10.1. The Morgan fingerprint density at radius 3 is 1.86 bits per heavy atom. The summed E-state index contributed by atoms with van der Waals surface area (Å²) in [5, 5.41) is 19.8. The van der Waals surface area contributed by atoms with Crippen LogP contribution < -0.4 is 10.6 Å². The number of nitrogens with one attached hydrogen (secondary N) is 2. The number of carbonyl (C=O) groups excluding carboxylic acids is 1. The summed E-state index contributed by atoms with van der Waals surface area (Å²) in [6.07, 6.45) is 3.09. The van der Waals surface area contributed by atoms with Crippen LogP contribution >= 0.6 is 0 Å². The van der Waals surface area contributed by atoms with E-state index >= 15 is 0 Å². The van der Waals surface area contributed by atoms with E-state index in [1.165, 1.54) is 12.1 Å². The molecule has 2 N–H and O–H groups in total. The van der Waals surface area contributed by atoms with E-state index in [0.29, 0.717) is 12.2 Å². The maximum atomic E-state index is 13.4. The number of unbranched alkanes of at least 4 members (excludes halogenated alkanes) is 1. The van der Waals surface area contributed by atoms with Gasteiger partial charge in [-0.25, -0.2) is 9.07 Å². The highest BCUT2D eigenvalue weighted by atomic mass is 19.1. The van der Waals surface area contributed by atoms with Gasteiger partial charge in [-0.05, 0) is 85.2 Å². The van der Waals surface area contributed by atoms with Gasteiger partial charge in [0.15, 0.2) is 5.82 Å². The summed E-state index contributed by atoms with van der Waals surface area (Å²) in [4.78, 5) is 13.2. The number of tetrazole rings is 1. The van der Waals surface area contributed by atoms with Gasteiger partial charge in [-0.2, -0.15) is 0 Å². The largest absolute Gasteiger partial charge is 0.457 e. The smallest absolute Gasteiger partial charge is 0.403 e. The van der Waals surface area contributed by atoms with E-state index in [1.807, 2.05) is 54.6 Å². The molecule has 1 unspecified atom stereocenters. The Morgan fingerprint density at radius 2 is 1.33 bits per heavy atom. The zero-order chi connectivity index (χ0) is 35.9. The van der Waals surface area contributed by atoms with Crippen LogP contribution in [0.25, 0.3) is 0 Å². The molecule has 264 valence electrons. The first kappa shape index (κ1) is 36.1. The number of nitrogens with zero attached hydrogens (tertiary/aromatic N) is 4. The van der Waals surface area contributed by atoms with Crippen LogP contribution in [0.15, 0.2) is 115 Å². The molecule has 1 fully saturated rings. The van der Waals surface area contributed by atoms with E-state index in [4.69, 9.17) is 9.31 Å². The normalized spacial score (nSPS) is 15.8. The molecule has 1 aliphatic rings. The first-order valence-corrected chi connectivity index (χ1v) is 17.6. The van der Waals surface area contributed by atoms with E-state index in [2.05, 4.69) is 90.3 Å². The molecule has 0 saturated carbocycles. The summed E-state index contributed by atoms with van der Waals surface area (Å²) in [7, 11) is -0.284. The highest BCUT2D eigenvalue weighted by molar-refractivity contribution is 6.45. The third kappa shape index (κ3) is 8.27. The number of halogens is 1. The topological polar surface area (TPSA) is 103 Å². The summed E-state index contributed by atoms with van der Waals surface area (Å²) < 4.78 is 27.6. The molecule has 6 rings (SSSR count). The average molecular weight is 689 g/mol. The van der Waals surface area contributed by atoms with Gasteiger partial charge in [-0.1, -0.05) is 116 Å². The van der Waals surface area contributed by atoms with Crippen molar-refractivity contribution in [2.75, 3.05) is 0 Å². The van der Waals surface area contributed by atoms with Gasteiger partial charge in [0.2, 0.25) is 5.91 Å². The number of hydrogen-bond acceptors (Lipinski definition) is 7. The van der Waals surface area contributed by atoms with Crippen LogP contribution in [-0.4, -0.2) is 44.4 Å². The molecule has 1 aromatic heterocycles. The lowest BCUT2D eigenvalue weighted by atomic mass is 9.76. The van der Waals surface area contributed by atoms with Crippen molar-refractivity contribution < 1.29 is 18.5 Å². The molecule has 1 amide bonds. The second kappa shape index (κ2) is 15.7. The third-order valence-corrected chi connectivity index (χ3v) is 10.1. The summed E-state index contributed by atoms with van der Waals surface area (Å²) >= 11 is 0. The zero-order valence-electron chi connectivity index (χ0n) is 29.8. The second-order valence-electron chi connectivity index (χ2n) is 14.1. The first-order valence-electron chi connectivity index (χ1n) is 17.6. The van der Waals surface area contributed by atoms with E-state index in [9.17, 15) is 9.18 Å². The Balaban J connectivity index is 1.31. The van der Waals surface area contributed by atoms with Gasteiger partial charge < -0.3 is 14.6 Å². The van der Waals surface area contributed by atoms with Gasteiger partial charge in [-0.15, -0.1) is 5.10 Å². The molecule has 0 spiro atoms. The Morgan fingerprint density at radius 1 is 0.804 bits per heavy atom. The van der Waals surface area contributed by atoms with Gasteiger partial charge >= 0.3 is 7.12 Å². The number of rotatable bonds is 15. The van der Waals surface area contributed by atoms with Crippen LogP contribution in [0.2, 0.25) is 6.32 Å². The minimum absolute atomic E-state index is 0.0787. The summed E-state index contributed by atoms with van der Waals surface area (Å²) in [6, 6.07) is 36.8. The highest BCUT2D eigenvalue weighted by Crippen LogP contribution is 2.41. The van der Waals surface area contributed by atoms with Crippen LogP contribution in [0.1, 0.15) is 81.1 Å². The zero-order valence-corrected chi connectivity index (χ0v) is 29.8. The van der Waals surface area contributed by atoms with Crippen LogP contribution in [0.3, 0.4) is 0 Å². The molecule has 1 saturated heterocycles. The number of hydrogen-bond donors (Lipinski definition) is 2. The maximum absolute atomic E-state index is 13.4. The van der Waals surface area contributed by atoms with Crippen molar-refractivity contribution in [2.45, 2.75) is 89.1 Å². The molecule has 4 aromatic carbocycles. The van der Waals surface area contributed by atoms with E-state index < -0.39 is 5.54 Å². The Kier molecular flexibility index (Phi) is 11.1. The lowest BCUT2D eigenvalue weighted by Gasteiger charge is -2.40. The molecule has 1 atom stereocenters. The van der Waals surface area contributed by atoms with Crippen molar-refractivity contribution in [3.63, 3.8) is 0 Å². The monoisotopic (exact) mass is 688 g/mol. The quantitative estimate of drug-likeness (QED) is 0.0693. The van der Waals surface area contributed by atoms with Gasteiger partial charge in [0.25, 0.3) is 0 Å². The fraction of sp³-hybridized carbons (Fsp3) is 0.350. The SMILES string of the molecule is CC1(C)OB(CCCCC(NC(c2ccccc2)(c2ccccc2)c2ccccc2)c2nnnn2CC(=O)NCc2ccc(F)cc2)OC1(C)C. The van der Waals surface area contributed by atoms with Crippen LogP contribution in [-0.2, 0) is 32.7 Å². The van der Waals surface area contributed by atoms with Gasteiger partial charge in [0.05, 0.1) is 22.8 Å². The molecule has 1 aliphatic heterocycles. The summed E-state index contributed by atoms with van der Waals surface area (Å²) in [5.74, 6) is -0.0296. The fourth-order valence-corrected chi connectivity index (χ4v) is 6.65. The predicted octanol–water partition coefficient (Wildman–Crippen LogP) is 7.01. The number of benzene rings is 4. The molecule has 0 bridgehead atoms. The maximum Gasteiger partial charge on any atom is 0.457 e. The van der Waals surface area contributed by atoms with Crippen molar-refractivity contribution in [2.24, 2.45) is 0 Å². The van der Waals surface area contributed by atoms with E-state index in [1.54, 1.807) is 16.8 Å². The minimum atomic E-state index is -0.790. The van der Waals surface area contributed by atoms with Crippen molar-refractivity contribution in [3.05, 3.63) is 149 Å². The molecule has 0 radical (unpaired) electrons.